The summed E-state index contributed by atoms with van der Waals surface area (Å²) in [6.07, 6.45) is -0.961. The fraction of sp³-hybridized carbons (Fsp3) is 0.500. The summed E-state index contributed by atoms with van der Waals surface area (Å²) in [5.41, 5.74) is 0. The second-order valence-corrected chi connectivity index (χ2v) is 6.56. The monoisotopic (exact) mass is 307 g/mol. The summed E-state index contributed by atoms with van der Waals surface area (Å²) in [5.74, 6) is -0.325. The summed E-state index contributed by atoms with van der Waals surface area (Å²) < 4.78 is 28.8. The first kappa shape index (κ1) is 16.4. The molecule has 0 aliphatic rings. The summed E-state index contributed by atoms with van der Waals surface area (Å²) in [4.78, 5) is 0.160. The van der Waals surface area contributed by atoms with Crippen molar-refractivity contribution >= 4 is 21.4 Å². The molecule has 5 nitrogen and oxygen atoms in total. The van der Waals surface area contributed by atoms with Gasteiger partial charge in [-0.1, -0.05) is 11.6 Å². The maximum Gasteiger partial charge on any atom is 0.180 e. The van der Waals surface area contributed by atoms with E-state index in [4.69, 9.17) is 16.3 Å². The van der Waals surface area contributed by atoms with Gasteiger partial charge in [-0.2, -0.15) is 0 Å². The Morgan fingerprint density at radius 3 is 2.58 bits per heavy atom. The lowest BCUT2D eigenvalue weighted by molar-refractivity contribution is 0.174. The van der Waals surface area contributed by atoms with Crippen LogP contribution in [0.1, 0.15) is 0 Å². The fourth-order valence-electron chi connectivity index (χ4n) is 1.49. The van der Waals surface area contributed by atoms with Crippen LogP contribution in [-0.2, 0) is 14.6 Å². The van der Waals surface area contributed by atoms with E-state index >= 15 is 0 Å². The van der Waals surface area contributed by atoms with Gasteiger partial charge in [0.25, 0.3) is 0 Å². The van der Waals surface area contributed by atoms with Crippen LogP contribution < -0.4 is 5.32 Å². The van der Waals surface area contributed by atoms with Crippen molar-refractivity contribution in [2.24, 2.45) is 0 Å². The Labute approximate surface area is 118 Å². The molecule has 0 fully saturated rings. The molecule has 108 valence electrons. The molecule has 0 bridgehead atoms. The zero-order chi connectivity index (χ0) is 14.3. The first-order valence-corrected chi connectivity index (χ1v) is 7.85. The molecule has 1 rings (SSSR count). The van der Waals surface area contributed by atoms with Crippen LogP contribution in [0.3, 0.4) is 0 Å². The molecule has 0 saturated heterocycles. The largest absolute Gasteiger partial charge is 0.391 e. The van der Waals surface area contributed by atoms with Crippen molar-refractivity contribution in [2.45, 2.75) is 11.0 Å². The topological polar surface area (TPSA) is 75.6 Å². The predicted molar refractivity (Wildman–Crippen MR) is 74.3 cm³/mol. The molecule has 1 aromatic carbocycles. The Morgan fingerprint density at radius 2 is 2.00 bits per heavy atom. The minimum Gasteiger partial charge on any atom is -0.391 e. The number of sulfone groups is 1. The first-order chi connectivity index (χ1) is 8.95. The smallest absolute Gasteiger partial charge is 0.180 e. The number of aliphatic hydroxyl groups excluding tert-OH is 1. The zero-order valence-corrected chi connectivity index (χ0v) is 12.2. The molecule has 0 amide bonds. The molecular formula is C12H18ClNO4S. The second-order valence-electron chi connectivity index (χ2n) is 4.09. The van der Waals surface area contributed by atoms with Gasteiger partial charge >= 0.3 is 0 Å². The summed E-state index contributed by atoms with van der Waals surface area (Å²) in [5, 5.41) is 13.1. The standard InChI is InChI=1S/C12H18ClNO4S/c1-18-7-6-14-8-11(15)9-19(16,17)12-4-2-10(13)3-5-12/h2-5,11,14-15H,6-9H2,1H3. The molecule has 1 unspecified atom stereocenters. The van der Waals surface area contributed by atoms with Crippen molar-refractivity contribution in [1.29, 1.82) is 0 Å². The van der Waals surface area contributed by atoms with Gasteiger partial charge in [0.05, 0.1) is 23.4 Å². The van der Waals surface area contributed by atoms with Crippen LogP contribution >= 0.6 is 11.6 Å². The van der Waals surface area contributed by atoms with E-state index in [9.17, 15) is 13.5 Å². The SMILES string of the molecule is COCCNCC(O)CS(=O)(=O)c1ccc(Cl)cc1. The lowest BCUT2D eigenvalue weighted by atomic mass is 10.4. The summed E-state index contributed by atoms with van der Waals surface area (Å²) in [6, 6.07) is 5.89. The number of rotatable bonds is 8. The molecule has 0 aromatic heterocycles. The highest BCUT2D eigenvalue weighted by atomic mass is 35.5. The van der Waals surface area contributed by atoms with E-state index < -0.39 is 15.9 Å². The number of hydrogen-bond acceptors (Lipinski definition) is 5. The third-order valence-electron chi connectivity index (χ3n) is 2.45. The van der Waals surface area contributed by atoms with Crippen molar-refractivity contribution in [3.63, 3.8) is 0 Å². The molecule has 0 saturated carbocycles. The van der Waals surface area contributed by atoms with Crippen LogP contribution in [0.2, 0.25) is 5.02 Å². The summed E-state index contributed by atoms with van der Waals surface area (Å²) in [7, 11) is -1.93. The maximum absolute atomic E-state index is 12.0. The fourth-order valence-corrected chi connectivity index (χ4v) is 2.99. The normalized spacial score (nSPS) is 13.4. The van der Waals surface area contributed by atoms with Crippen molar-refractivity contribution < 1.29 is 18.3 Å². The van der Waals surface area contributed by atoms with Gasteiger partial charge in [-0.15, -0.1) is 0 Å². The third kappa shape index (κ3) is 5.88. The van der Waals surface area contributed by atoms with E-state index in [2.05, 4.69) is 5.32 Å². The Morgan fingerprint density at radius 1 is 1.37 bits per heavy atom. The number of methoxy groups -OCH3 is 1. The molecule has 0 heterocycles. The van der Waals surface area contributed by atoms with E-state index in [0.717, 1.165) is 0 Å². The lowest BCUT2D eigenvalue weighted by Gasteiger charge is -2.12. The van der Waals surface area contributed by atoms with Crippen molar-refractivity contribution in [2.75, 3.05) is 32.6 Å². The van der Waals surface area contributed by atoms with Crippen LogP contribution in [0.25, 0.3) is 0 Å². The van der Waals surface area contributed by atoms with Gasteiger partial charge in [0.15, 0.2) is 9.84 Å². The van der Waals surface area contributed by atoms with Gasteiger partial charge in [-0.25, -0.2) is 8.42 Å². The van der Waals surface area contributed by atoms with Gasteiger partial charge in [0, 0.05) is 25.2 Å². The van der Waals surface area contributed by atoms with Gasteiger partial charge in [-0.3, -0.25) is 0 Å². The maximum atomic E-state index is 12.0. The minimum absolute atomic E-state index is 0.160. The van der Waals surface area contributed by atoms with Crippen LogP contribution in [-0.4, -0.2) is 52.2 Å². The number of aliphatic hydroxyl groups is 1. The number of benzene rings is 1. The van der Waals surface area contributed by atoms with E-state index in [1.807, 2.05) is 0 Å². The number of hydrogen-bond donors (Lipinski definition) is 2. The average molecular weight is 308 g/mol. The van der Waals surface area contributed by atoms with Crippen molar-refractivity contribution in [1.82, 2.24) is 5.32 Å². The van der Waals surface area contributed by atoms with E-state index in [0.29, 0.717) is 18.2 Å². The van der Waals surface area contributed by atoms with E-state index in [1.54, 1.807) is 7.11 Å². The predicted octanol–water partition coefficient (Wildman–Crippen LogP) is 0.711. The number of halogens is 1. The molecule has 0 radical (unpaired) electrons. The molecule has 1 atom stereocenters. The van der Waals surface area contributed by atoms with Crippen LogP contribution in [0, 0.1) is 0 Å². The average Bonchev–Trinajstić information content (AvgIpc) is 2.34. The van der Waals surface area contributed by atoms with Crippen LogP contribution in [0.5, 0.6) is 0 Å². The first-order valence-electron chi connectivity index (χ1n) is 5.82. The molecule has 0 aliphatic carbocycles. The van der Waals surface area contributed by atoms with Crippen molar-refractivity contribution in [3.8, 4) is 0 Å². The molecule has 0 aliphatic heterocycles. The second kappa shape index (κ2) is 7.81. The third-order valence-corrected chi connectivity index (χ3v) is 4.51. The molecule has 0 spiro atoms. The lowest BCUT2D eigenvalue weighted by Crippen LogP contribution is -2.34. The van der Waals surface area contributed by atoms with E-state index in [-0.39, 0.29) is 17.2 Å². The van der Waals surface area contributed by atoms with Gasteiger partial charge < -0.3 is 15.2 Å². The Balaban J connectivity index is 2.52. The number of nitrogens with one attached hydrogen (secondary N) is 1. The van der Waals surface area contributed by atoms with Gasteiger partial charge in [0.1, 0.15) is 0 Å². The minimum atomic E-state index is -3.50. The van der Waals surface area contributed by atoms with Gasteiger partial charge in [-0.05, 0) is 24.3 Å². The van der Waals surface area contributed by atoms with Crippen LogP contribution in [0.15, 0.2) is 29.2 Å². The van der Waals surface area contributed by atoms with E-state index in [1.165, 1.54) is 24.3 Å². The molecule has 2 N–H and O–H groups in total. The highest BCUT2D eigenvalue weighted by Crippen LogP contribution is 2.15. The highest BCUT2D eigenvalue weighted by Gasteiger charge is 2.19. The molecule has 19 heavy (non-hydrogen) atoms. The number of ether oxygens (including phenoxy) is 1. The van der Waals surface area contributed by atoms with Crippen molar-refractivity contribution in [3.05, 3.63) is 29.3 Å². The Hall–Kier alpha value is -0.660. The Bertz CT molecular complexity index is 475. The summed E-state index contributed by atoms with van der Waals surface area (Å²) >= 11 is 5.70. The highest BCUT2D eigenvalue weighted by molar-refractivity contribution is 7.91. The van der Waals surface area contributed by atoms with Crippen LogP contribution in [0.4, 0.5) is 0 Å². The Kier molecular flexibility index (Phi) is 6.74. The summed E-state index contributed by atoms with van der Waals surface area (Å²) in [6.45, 7) is 1.28. The quantitative estimate of drug-likeness (QED) is 0.692. The molecule has 1 aromatic rings. The zero-order valence-electron chi connectivity index (χ0n) is 10.7. The molecular weight excluding hydrogens is 290 g/mol. The molecule has 7 heteroatoms. The van der Waals surface area contributed by atoms with Gasteiger partial charge in [0.2, 0.25) is 0 Å².